The zero-order valence-corrected chi connectivity index (χ0v) is 27.0. The third kappa shape index (κ3) is 9.23. The standard InChI is InChI=1S/C38H51N3O4/c1-27-21-22-32(40-38(44)45-33-17-6-4-3-5-7-18-33)16-12-15-30(23-27)37(43)39-25-36(42)41-26-31-14-8-10-19-34(31)28(2)24-29-13-9-11-20-35(29)41/h3-4,8-11,13-14,19-20,24,27,30,32-33,36,42H,5-7,12,15-18,21-23,25-26H2,1-2H3,(H,39,43)(H,40,44)/t27?,30?,32?,33-,36?/m1/s1. The molecule has 1 saturated carbocycles. The number of carbonyl (C=O) groups excluding carboxylic acids is 2. The van der Waals surface area contributed by atoms with Gasteiger partial charge in [-0.05, 0) is 111 Å². The molecule has 2 amide bonds. The van der Waals surface area contributed by atoms with E-state index in [1.54, 1.807) is 0 Å². The van der Waals surface area contributed by atoms with Crippen LogP contribution < -0.4 is 15.5 Å². The summed E-state index contributed by atoms with van der Waals surface area (Å²) in [7, 11) is 0. The molecule has 0 spiro atoms. The summed E-state index contributed by atoms with van der Waals surface area (Å²) in [5.74, 6) is 0.238. The molecule has 1 fully saturated rings. The van der Waals surface area contributed by atoms with E-state index in [0.29, 0.717) is 12.5 Å². The number of aliphatic hydroxyl groups is 1. The van der Waals surface area contributed by atoms with Crippen LogP contribution in [0.15, 0.2) is 60.7 Å². The number of carbonyl (C=O) groups is 2. The van der Waals surface area contributed by atoms with E-state index in [4.69, 9.17) is 4.74 Å². The highest BCUT2D eigenvalue weighted by molar-refractivity contribution is 5.87. The lowest BCUT2D eigenvalue weighted by Gasteiger charge is -2.34. The molecule has 5 atom stereocenters. The second-order valence-electron chi connectivity index (χ2n) is 13.3. The number of fused-ring (bicyclic) bond motifs is 2. The first-order valence-electron chi connectivity index (χ1n) is 17.1. The van der Waals surface area contributed by atoms with Gasteiger partial charge in [0, 0.05) is 24.2 Å². The maximum atomic E-state index is 13.5. The fourth-order valence-electron chi connectivity index (χ4n) is 7.15. The Labute approximate surface area is 269 Å². The van der Waals surface area contributed by atoms with E-state index < -0.39 is 6.23 Å². The van der Waals surface area contributed by atoms with Crippen molar-refractivity contribution in [2.24, 2.45) is 11.8 Å². The van der Waals surface area contributed by atoms with E-state index in [0.717, 1.165) is 87.4 Å². The number of amides is 2. The number of aliphatic hydroxyl groups excluding tert-OH is 1. The molecule has 242 valence electrons. The number of nitrogens with zero attached hydrogens (tertiary/aromatic N) is 1. The summed E-state index contributed by atoms with van der Waals surface area (Å²) >= 11 is 0. The van der Waals surface area contributed by atoms with Gasteiger partial charge in [0.1, 0.15) is 12.3 Å². The summed E-state index contributed by atoms with van der Waals surface area (Å²) in [6.45, 7) is 5.02. The third-order valence-electron chi connectivity index (χ3n) is 9.71. The van der Waals surface area contributed by atoms with Crippen LogP contribution in [0.25, 0.3) is 11.6 Å². The highest BCUT2D eigenvalue weighted by atomic mass is 16.6. The van der Waals surface area contributed by atoms with Gasteiger partial charge >= 0.3 is 6.09 Å². The Balaban J connectivity index is 1.16. The number of allylic oxidation sites excluding steroid dienone is 3. The maximum Gasteiger partial charge on any atom is 0.407 e. The molecule has 2 aromatic carbocycles. The lowest BCUT2D eigenvalue weighted by atomic mass is 9.90. The monoisotopic (exact) mass is 613 g/mol. The van der Waals surface area contributed by atoms with Gasteiger partial charge in [0.2, 0.25) is 5.91 Å². The smallest absolute Gasteiger partial charge is 0.407 e. The first-order valence-corrected chi connectivity index (χ1v) is 17.1. The Morgan fingerprint density at radius 3 is 2.64 bits per heavy atom. The van der Waals surface area contributed by atoms with Crippen molar-refractivity contribution < 1.29 is 19.4 Å². The van der Waals surface area contributed by atoms with Gasteiger partial charge in [0.05, 0.1) is 6.54 Å². The molecule has 2 aromatic rings. The van der Waals surface area contributed by atoms with Gasteiger partial charge in [-0.2, -0.15) is 0 Å². The fourth-order valence-corrected chi connectivity index (χ4v) is 7.15. The molecule has 45 heavy (non-hydrogen) atoms. The number of hydrogen-bond donors (Lipinski definition) is 3. The van der Waals surface area contributed by atoms with Crippen LogP contribution in [0.2, 0.25) is 0 Å². The van der Waals surface area contributed by atoms with Crippen molar-refractivity contribution in [1.29, 1.82) is 0 Å². The molecule has 0 aromatic heterocycles. The molecule has 0 bridgehead atoms. The van der Waals surface area contributed by atoms with Crippen LogP contribution in [0, 0.1) is 11.8 Å². The number of ether oxygens (including phenoxy) is 1. The predicted octanol–water partition coefficient (Wildman–Crippen LogP) is 7.59. The molecule has 0 saturated heterocycles. The summed E-state index contributed by atoms with van der Waals surface area (Å²) in [6, 6.07) is 16.5. The quantitative estimate of drug-likeness (QED) is 0.292. The SMILES string of the molecule is CC1=Cc2ccccc2N(C(O)CNC(=O)C2CCCC(NC(=O)O[C@@H]3CCC=CCCC3)CCC(C)C2)Cc2ccccc21. The van der Waals surface area contributed by atoms with E-state index in [2.05, 4.69) is 60.9 Å². The van der Waals surface area contributed by atoms with Gasteiger partial charge in [0.15, 0.2) is 0 Å². The first-order chi connectivity index (χ1) is 21.9. The van der Waals surface area contributed by atoms with Gasteiger partial charge in [-0.1, -0.05) is 68.0 Å². The second-order valence-corrected chi connectivity index (χ2v) is 13.3. The average Bonchev–Trinajstić information content (AvgIpc) is 3.10. The van der Waals surface area contributed by atoms with E-state index in [1.807, 2.05) is 35.2 Å². The number of alkyl carbamates (subject to hydrolysis) is 1. The number of para-hydroxylation sites is 1. The molecule has 0 radical (unpaired) electrons. The Morgan fingerprint density at radius 2 is 1.76 bits per heavy atom. The minimum atomic E-state index is -0.878. The second kappa shape index (κ2) is 16.1. The average molecular weight is 614 g/mol. The summed E-state index contributed by atoms with van der Waals surface area (Å²) in [5, 5.41) is 17.7. The largest absolute Gasteiger partial charge is 0.446 e. The van der Waals surface area contributed by atoms with Crippen LogP contribution in [0.5, 0.6) is 0 Å². The van der Waals surface area contributed by atoms with Gasteiger partial charge in [-0.15, -0.1) is 0 Å². The Kier molecular flexibility index (Phi) is 11.8. The molecular weight excluding hydrogens is 562 g/mol. The van der Waals surface area contributed by atoms with Crippen LogP contribution >= 0.6 is 0 Å². The van der Waals surface area contributed by atoms with Crippen LogP contribution in [-0.2, 0) is 16.1 Å². The fraction of sp³-hybridized carbons (Fsp3) is 0.526. The van der Waals surface area contributed by atoms with E-state index in [-0.39, 0.29) is 36.6 Å². The van der Waals surface area contributed by atoms with Crippen molar-refractivity contribution in [3.05, 3.63) is 77.4 Å². The molecule has 1 heterocycles. The third-order valence-corrected chi connectivity index (χ3v) is 9.71. The van der Waals surface area contributed by atoms with E-state index >= 15 is 0 Å². The molecule has 7 nitrogen and oxygen atoms in total. The van der Waals surface area contributed by atoms with Crippen molar-refractivity contribution in [2.45, 2.75) is 109 Å². The van der Waals surface area contributed by atoms with Crippen molar-refractivity contribution in [1.82, 2.24) is 10.6 Å². The number of anilines is 1. The van der Waals surface area contributed by atoms with Gasteiger partial charge < -0.3 is 25.4 Å². The molecule has 1 aliphatic heterocycles. The van der Waals surface area contributed by atoms with Crippen molar-refractivity contribution >= 4 is 29.3 Å². The Morgan fingerprint density at radius 1 is 0.956 bits per heavy atom. The lowest BCUT2D eigenvalue weighted by Crippen LogP contribution is -2.45. The van der Waals surface area contributed by atoms with Gasteiger partial charge in [-0.3, -0.25) is 4.79 Å². The molecule has 5 rings (SSSR count). The maximum absolute atomic E-state index is 13.5. The minimum Gasteiger partial charge on any atom is -0.446 e. The first kappa shape index (κ1) is 32.8. The van der Waals surface area contributed by atoms with E-state index in [1.165, 1.54) is 11.1 Å². The summed E-state index contributed by atoms with van der Waals surface area (Å²) in [4.78, 5) is 28.2. The zero-order chi connectivity index (χ0) is 31.6. The molecule has 3 aliphatic rings. The number of hydrogen-bond acceptors (Lipinski definition) is 5. The summed E-state index contributed by atoms with van der Waals surface area (Å²) in [6.07, 6.45) is 15.3. The van der Waals surface area contributed by atoms with E-state index in [9.17, 15) is 14.7 Å². The van der Waals surface area contributed by atoms with Crippen molar-refractivity contribution in [3.63, 3.8) is 0 Å². The Hall–Kier alpha value is -3.58. The molecule has 4 unspecified atom stereocenters. The number of benzene rings is 2. The number of rotatable bonds is 6. The van der Waals surface area contributed by atoms with Crippen LogP contribution in [0.1, 0.15) is 101 Å². The molecular formula is C38H51N3O4. The van der Waals surface area contributed by atoms with Crippen molar-refractivity contribution in [2.75, 3.05) is 11.4 Å². The summed E-state index contributed by atoms with van der Waals surface area (Å²) < 4.78 is 5.81. The molecule has 2 aliphatic carbocycles. The van der Waals surface area contributed by atoms with Crippen LogP contribution in [-0.4, -0.2) is 42.0 Å². The van der Waals surface area contributed by atoms with Crippen molar-refractivity contribution in [3.8, 4) is 0 Å². The van der Waals surface area contributed by atoms with Crippen LogP contribution in [0.4, 0.5) is 10.5 Å². The Bertz CT molecular complexity index is 1350. The van der Waals surface area contributed by atoms with Gasteiger partial charge in [-0.25, -0.2) is 4.79 Å². The van der Waals surface area contributed by atoms with Gasteiger partial charge in [0.25, 0.3) is 0 Å². The highest BCUT2D eigenvalue weighted by Crippen LogP contribution is 2.33. The summed E-state index contributed by atoms with van der Waals surface area (Å²) in [5.41, 5.74) is 5.51. The normalized spacial score (nSPS) is 24.8. The molecule has 3 N–H and O–H groups in total. The number of nitrogens with one attached hydrogen (secondary N) is 2. The van der Waals surface area contributed by atoms with Crippen LogP contribution in [0.3, 0.4) is 0 Å². The zero-order valence-electron chi connectivity index (χ0n) is 27.0. The molecule has 7 heteroatoms. The predicted molar refractivity (Wildman–Crippen MR) is 181 cm³/mol. The topological polar surface area (TPSA) is 90.9 Å². The highest BCUT2D eigenvalue weighted by Gasteiger charge is 2.28. The minimum absolute atomic E-state index is 0.00141. The lowest BCUT2D eigenvalue weighted by molar-refractivity contribution is -0.126.